The fraction of sp³-hybridized carbons (Fsp3) is 0.520. The first-order chi connectivity index (χ1) is 14.4. The fourth-order valence-electron chi connectivity index (χ4n) is 4.17. The van der Waals surface area contributed by atoms with Crippen molar-refractivity contribution in [2.24, 2.45) is 0 Å². The van der Waals surface area contributed by atoms with Gasteiger partial charge in [-0.3, -0.25) is 0 Å². The molecule has 0 aliphatic heterocycles. The smallest absolute Gasteiger partial charge is 0.186 e. The summed E-state index contributed by atoms with van der Waals surface area (Å²) in [7, 11) is 1.01. The summed E-state index contributed by atoms with van der Waals surface area (Å²) in [6.07, 6.45) is 1.18. The summed E-state index contributed by atoms with van der Waals surface area (Å²) in [4.78, 5) is 0. The van der Waals surface area contributed by atoms with Crippen LogP contribution in [0, 0.1) is 0 Å². The number of quaternary nitrogens is 1. The maximum atomic E-state index is 6.49. The van der Waals surface area contributed by atoms with Crippen LogP contribution < -0.4 is 12.4 Å². The van der Waals surface area contributed by atoms with Crippen LogP contribution in [0.25, 0.3) is 0 Å². The van der Waals surface area contributed by atoms with Gasteiger partial charge in [0.2, 0.25) is 0 Å². The Morgan fingerprint density at radius 1 is 0.781 bits per heavy atom. The second-order valence-corrected chi connectivity index (χ2v) is 22.0. The molecule has 7 heteroatoms. The van der Waals surface area contributed by atoms with Gasteiger partial charge in [-0.15, -0.1) is 0 Å². The minimum Gasteiger partial charge on any atom is -1.00 e. The highest BCUT2D eigenvalue weighted by atomic mass is 35.5. The van der Waals surface area contributed by atoms with Crippen molar-refractivity contribution in [3.05, 3.63) is 71.8 Å². The van der Waals surface area contributed by atoms with Crippen LogP contribution in [-0.4, -0.2) is 50.6 Å². The van der Waals surface area contributed by atoms with Gasteiger partial charge in [0.25, 0.3) is 0 Å². The number of benzene rings is 2. The summed E-state index contributed by atoms with van der Waals surface area (Å²) < 4.78 is 13.9. The number of rotatable bonds is 12. The third kappa shape index (κ3) is 10.9. The summed E-state index contributed by atoms with van der Waals surface area (Å²) >= 11 is 0. The molecule has 0 heterocycles. The zero-order valence-corrected chi connectivity index (χ0v) is 25.6. The first-order valence-electron chi connectivity index (χ1n) is 11.6. The molecule has 180 valence electrons. The molecule has 0 aromatic heterocycles. The molecule has 0 bridgehead atoms. The Bertz CT molecular complexity index is 761. The van der Waals surface area contributed by atoms with E-state index in [1.54, 1.807) is 0 Å². The SMILES string of the molecule is C[N+](C)(Cc1ccccc1)C(CC[SiH2]C(O[Si](C)(C)C)O[Si](C)(C)C)c1ccccc1.[Cl-]. The Balaban J connectivity index is 0.00000512. The van der Waals surface area contributed by atoms with Gasteiger partial charge in [0.15, 0.2) is 16.6 Å². The predicted molar refractivity (Wildman–Crippen MR) is 142 cm³/mol. The zero-order chi connectivity index (χ0) is 23.1. The first kappa shape index (κ1) is 29.3. The van der Waals surface area contributed by atoms with Gasteiger partial charge in [0.1, 0.15) is 18.5 Å². The first-order valence-corrected chi connectivity index (χ1v) is 20.3. The molecule has 2 aromatic rings. The van der Waals surface area contributed by atoms with Crippen molar-refractivity contribution in [1.29, 1.82) is 0 Å². The van der Waals surface area contributed by atoms with Crippen molar-refractivity contribution in [1.82, 2.24) is 0 Å². The van der Waals surface area contributed by atoms with E-state index in [1.165, 1.54) is 23.6 Å². The highest BCUT2D eigenvalue weighted by Crippen LogP contribution is 2.32. The lowest BCUT2D eigenvalue weighted by Crippen LogP contribution is -3.00. The Kier molecular flexibility index (Phi) is 11.6. The predicted octanol–water partition coefficient (Wildman–Crippen LogP) is 2.97. The quantitative estimate of drug-likeness (QED) is 0.249. The maximum absolute atomic E-state index is 6.49. The van der Waals surface area contributed by atoms with Crippen LogP contribution >= 0.6 is 0 Å². The zero-order valence-electron chi connectivity index (χ0n) is 21.4. The van der Waals surface area contributed by atoms with E-state index in [4.69, 9.17) is 8.85 Å². The van der Waals surface area contributed by atoms with Crippen LogP contribution in [0.2, 0.25) is 45.3 Å². The normalized spacial score (nSPS) is 14.0. The van der Waals surface area contributed by atoms with Crippen LogP contribution in [0.15, 0.2) is 60.7 Å². The standard InChI is InChI=1S/C25H44NO2Si3.ClH/c1-26(2,21-22-15-11-9-12-16-22)24(23-17-13-10-14-18-23)19-20-29-25(27-30(3,4)5)28-31(6,7)8;/h9-18,24-25H,19-21,29H2,1-8H3;1H/q+1;/p-1. The molecule has 3 nitrogen and oxygen atoms in total. The minimum atomic E-state index is -1.62. The van der Waals surface area contributed by atoms with Gasteiger partial charge >= 0.3 is 0 Å². The minimum absolute atomic E-state index is 0. The molecule has 0 fully saturated rings. The van der Waals surface area contributed by atoms with E-state index < -0.39 is 26.2 Å². The van der Waals surface area contributed by atoms with Gasteiger partial charge in [-0.2, -0.15) is 0 Å². The molecule has 32 heavy (non-hydrogen) atoms. The van der Waals surface area contributed by atoms with Crippen molar-refractivity contribution in [3.63, 3.8) is 0 Å². The van der Waals surface area contributed by atoms with Gasteiger partial charge in [0, 0.05) is 17.5 Å². The average Bonchev–Trinajstić information content (AvgIpc) is 2.63. The van der Waals surface area contributed by atoms with Crippen molar-refractivity contribution in [3.8, 4) is 0 Å². The van der Waals surface area contributed by atoms with Gasteiger partial charge in [0.05, 0.1) is 23.6 Å². The van der Waals surface area contributed by atoms with Crippen molar-refractivity contribution in [2.75, 3.05) is 14.1 Å². The van der Waals surface area contributed by atoms with E-state index >= 15 is 0 Å². The Hall–Kier alpha value is -0.739. The van der Waals surface area contributed by atoms with Crippen LogP contribution in [0.5, 0.6) is 0 Å². The number of halogens is 1. The Morgan fingerprint density at radius 3 is 1.72 bits per heavy atom. The second-order valence-electron chi connectivity index (χ2n) is 11.2. The molecule has 0 saturated carbocycles. The molecule has 0 aliphatic rings. The van der Waals surface area contributed by atoms with Crippen LogP contribution in [0.1, 0.15) is 23.6 Å². The monoisotopic (exact) mass is 509 g/mol. The van der Waals surface area contributed by atoms with Gasteiger partial charge in [-0.05, 0) is 39.3 Å². The van der Waals surface area contributed by atoms with Crippen LogP contribution in [0.4, 0.5) is 0 Å². The Morgan fingerprint density at radius 2 is 1.25 bits per heavy atom. The molecule has 1 atom stereocenters. The van der Waals surface area contributed by atoms with Crippen molar-refractivity contribution < 1.29 is 25.7 Å². The lowest BCUT2D eigenvalue weighted by atomic mass is 10.00. The molecule has 2 rings (SSSR count). The highest BCUT2D eigenvalue weighted by molar-refractivity contribution is 6.71. The topological polar surface area (TPSA) is 18.5 Å². The average molecular weight is 510 g/mol. The van der Waals surface area contributed by atoms with Gasteiger partial charge in [-0.25, -0.2) is 0 Å². The fourth-order valence-corrected chi connectivity index (χ4v) is 10.8. The molecule has 0 radical (unpaired) electrons. The van der Waals surface area contributed by atoms with Crippen molar-refractivity contribution >= 4 is 26.2 Å². The molecule has 0 spiro atoms. The molecule has 2 aromatic carbocycles. The molecule has 1 unspecified atom stereocenters. The summed E-state index contributed by atoms with van der Waals surface area (Å²) in [5.41, 5.74) is 2.83. The van der Waals surface area contributed by atoms with E-state index in [2.05, 4.69) is 114 Å². The van der Waals surface area contributed by atoms with E-state index in [0.29, 0.717) is 6.04 Å². The number of hydrogen-bond donors (Lipinski definition) is 0. The molecular formula is C25H44ClNO2Si3. The lowest BCUT2D eigenvalue weighted by Gasteiger charge is -2.39. The Labute approximate surface area is 207 Å². The number of hydrogen-bond acceptors (Lipinski definition) is 2. The van der Waals surface area contributed by atoms with E-state index in [1.807, 2.05) is 0 Å². The summed E-state index contributed by atoms with van der Waals surface area (Å²) in [5, 5.41) is 0. The summed E-state index contributed by atoms with van der Waals surface area (Å²) in [5.74, 6) is 0.0690. The molecule has 0 aliphatic carbocycles. The molecule has 0 N–H and O–H groups in total. The molecule has 0 saturated heterocycles. The van der Waals surface area contributed by atoms with Crippen LogP contribution in [0.3, 0.4) is 0 Å². The van der Waals surface area contributed by atoms with E-state index in [-0.39, 0.29) is 18.3 Å². The van der Waals surface area contributed by atoms with E-state index in [9.17, 15) is 0 Å². The molecular weight excluding hydrogens is 466 g/mol. The second kappa shape index (κ2) is 12.6. The van der Waals surface area contributed by atoms with E-state index in [0.717, 1.165) is 11.0 Å². The third-order valence-corrected chi connectivity index (χ3v) is 9.58. The summed E-state index contributed by atoms with van der Waals surface area (Å²) in [6, 6.07) is 23.6. The van der Waals surface area contributed by atoms with Gasteiger partial charge in [-0.1, -0.05) is 66.7 Å². The largest absolute Gasteiger partial charge is 1.00 e. The number of nitrogens with zero attached hydrogens (tertiary/aromatic N) is 1. The lowest BCUT2D eigenvalue weighted by molar-refractivity contribution is -0.934. The summed E-state index contributed by atoms with van der Waals surface area (Å²) in [6.45, 7) is 14.7. The third-order valence-electron chi connectivity index (χ3n) is 5.35. The van der Waals surface area contributed by atoms with Gasteiger partial charge < -0.3 is 25.7 Å². The van der Waals surface area contributed by atoms with Crippen molar-refractivity contribution in [2.45, 2.75) is 70.2 Å². The molecule has 0 amide bonds. The highest BCUT2D eigenvalue weighted by Gasteiger charge is 2.31. The maximum Gasteiger partial charge on any atom is 0.186 e. The van der Waals surface area contributed by atoms with Crippen LogP contribution in [-0.2, 0) is 15.4 Å².